The van der Waals surface area contributed by atoms with Crippen molar-refractivity contribution in [3.05, 3.63) is 0 Å². The van der Waals surface area contributed by atoms with Crippen molar-refractivity contribution in [3.63, 3.8) is 0 Å². The molecule has 0 aromatic rings. The first-order chi connectivity index (χ1) is 7.06. The average Bonchev–Trinajstić information content (AvgIpc) is 2.09. The van der Waals surface area contributed by atoms with E-state index in [2.05, 4.69) is 5.32 Å². The van der Waals surface area contributed by atoms with Gasteiger partial charge >= 0.3 is 0 Å². The van der Waals surface area contributed by atoms with Gasteiger partial charge in [-0.2, -0.15) is 0 Å². The second kappa shape index (κ2) is 3.57. The lowest BCUT2D eigenvalue weighted by Crippen LogP contribution is -2.66. The minimum Gasteiger partial charge on any atom is -0.337 e. The summed E-state index contributed by atoms with van der Waals surface area (Å²) in [5.41, 5.74) is -1.23. The number of amides is 2. The van der Waals surface area contributed by atoms with E-state index in [1.54, 1.807) is 18.7 Å². The first-order valence-corrected chi connectivity index (χ1v) is 5.28. The van der Waals surface area contributed by atoms with Crippen LogP contribution in [0.2, 0.25) is 0 Å². The number of nitrogens with one attached hydrogen (secondary N) is 2. The molecule has 1 rings (SSSR count). The van der Waals surface area contributed by atoms with E-state index in [0.717, 1.165) is 0 Å². The van der Waals surface area contributed by atoms with Crippen molar-refractivity contribution in [1.82, 2.24) is 10.2 Å². The van der Waals surface area contributed by atoms with Gasteiger partial charge in [0.25, 0.3) is 5.91 Å². The molecule has 5 nitrogen and oxygen atoms in total. The maximum atomic E-state index is 11.7. The molecule has 0 bridgehead atoms. The number of hydrogen-bond acceptors (Lipinski definition) is 3. The van der Waals surface area contributed by atoms with E-state index >= 15 is 0 Å². The van der Waals surface area contributed by atoms with Crippen LogP contribution in [0.4, 0.5) is 0 Å². The molecule has 1 fully saturated rings. The fourth-order valence-corrected chi connectivity index (χ4v) is 1.55. The molecule has 1 saturated heterocycles. The summed E-state index contributed by atoms with van der Waals surface area (Å²) in [4.78, 5) is 24.6. The van der Waals surface area contributed by atoms with Gasteiger partial charge in [-0.25, -0.2) is 0 Å². The molecule has 0 unspecified atom stereocenters. The molecule has 0 aliphatic carbocycles. The summed E-state index contributed by atoms with van der Waals surface area (Å²) in [6.07, 6.45) is 0. The van der Waals surface area contributed by atoms with Gasteiger partial charge in [0, 0.05) is 5.41 Å². The molecule has 0 atom stereocenters. The topological polar surface area (TPSA) is 73.3 Å². The predicted molar refractivity (Wildman–Crippen MR) is 61.1 cm³/mol. The molecule has 0 saturated carbocycles. The van der Waals surface area contributed by atoms with Crippen molar-refractivity contribution >= 4 is 17.6 Å². The molecule has 90 valence electrons. The summed E-state index contributed by atoms with van der Waals surface area (Å²) in [6.45, 7) is 9.17. The first kappa shape index (κ1) is 12.7. The molecule has 0 aromatic heterocycles. The zero-order valence-electron chi connectivity index (χ0n) is 10.5. The molecule has 5 heteroatoms. The smallest absolute Gasteiger partial charge is 0.251 e. The third kappa shape index (κ3) is 2.08. The standard InChI is InChI=1S/C11H19N3O2/c1-10(2,3)8(12)14-6-7(15)13-9(16)11(14,4)5/h12H,6H2,1-5H3,(H,13,15,16). The van der Waals surface area contributed by atoms with Crippen LogP contribution in [-0.2, 0) is 9.59 Å². The van der Waals surface area contributed by atoms with Crippen molar-refractivity contribution in [2.75, 3.05) is 6.54 Å². The van der Waals surface area contributed by atoms with Gasteiger partial charge in [-0.3, -0.25) is 20.3 Å². The largest absolute Gasteiger partial charge is 0.337 e. The summed E-state index contributed by atoms with van der Waals surface area (Å²) in [5.74, 6) is -0.392. The van der Waals surface area contributed by atoms with E-state index in [9.17, 15) is 9.59 Å². The quantitative estimate of drug-likeness (QED) is 0.363. The van der Waals surface area contributed by atoms with E-state index < -0.39 is 5.54 Å². The second-order valence-electron chi connectivity index (χ2n) is 5.62. The molecule has 1 aliphatic heterocycles. The highest BCUT2D eigenvalue weighted by Crippen LogP contribution is 2.26. The molecule has 2 amide bonds. The van der Waals surface area contributed by atoms with Gasteiger partial charge in [-0.05, 0) is 13.8 Å². The van der Waals surface area contributed by atoms with E-state index in [1.165, 1.54) is 0 Å². The zero-order chi connectivity index (χ0) is 12.7. The highest BCUT2D eigenvalue weighted by atomic mass is 16.2. The molecule has 2 N–H and O–H groups in total. The molecule has 1 heterocycles. The Hall–Kier alpha value is -1.39. The van der Waals surface area contributed by atoms with Crippen molar-refractivity contribution in [1.29, 1.82) is 5.41 Å². The van der Waals surface area contributed by atoms with Crippen LogP contribution in [0.25, 0.3) is 0 Å². The summed E-state index contributed by atoms with van der Waals surface area (Å²) < 4.78 is 0. The van der Waals surface area contributed by atoms with Crippen LogP contribution >= 0.6 is 0 Å². The Balaban J connectivity index is 3.06. The van der Waals surface area contributed by atoms with Crippen LogP contribution < -0.4 is 5.32 Å². The number of nitrogens with zero attached hydrogens (tertiary/aromatic N) is 1. The SMILES string of the molecule is CC(C)(C)C(=N)N1CC(=O)NC(=O)C1(C)C. The Labute approximate surface area is 95.7 Å². The Bertz CT molecular complexity index is 353. The van der Waals surface area contributed by atoms with Gasteiger partial charge < -0.3 is 4.90 Å². The summed E-state index contributed by atoms with van der Waals surface area (Å²) in [5, 5.41) is 10.4. The summed E-state index contributed by atoms with van der Waals surface area (Å²) in [6, 6.07) is 0. The van der Waals surface area contributed by atoms with Gasteiger partial charge in [-0.1, -0.05) is 20.8 Å². The second-order valence-corrected chi connectivity index (χ2v) is 5.62. The number of rotatable bonds is 0. The molecule has 1 aliphatic rings. The van der Waals surface area contributed by atoms with Crippen LogP contribution in [-0.4, -0.2) is 34.6 Å². The van der Waals surface area contributed by atoms with E-state index in [0.29, 0.717) is 5.84 Å². The number of carbonyl (C=O) groups excluding carboxylic acids is 2. The Kier molecular flexibility index (Phi) is 2.83. The first-order valence-electron chi connectivity index (χ1n) is 5.28. The maximum absolute atomic E-state index is 11.7. The van der Waals surface area contributed by atoms with Gasteiger partial charge in [0.15, 0.2) is 0 Å². The van der Waals surface area contributed by atoms with Crippen molar-refractivity contribution in [2.24, 2.45) is 5.41 Å². The number of carbonyl (C=O) groups is 2. The third-order valence-corrected chi connectivity index (χ3v) is 2.77. The summed E-state index contributed by atoms with van der Waals surface area (Å²) >= 11 is 0. The normalized spacial score (nSPS) is 20.7. The summed E-state index contributed by atoms with van der Waals surface area (Å²) in [7, 11) is 0. The number of amidine groups is 1. The molecule has 0 aromatic carbocycles. The molecular weight excluding hydrogens is 206 g/mol. The molecular formula is C11H19N3O2. The predicted octanol–water partition coefficient (Wildman–Crippen LogP) is 0.747. The van der Waals surface area contributed by atoms with Crippen LogP contribution in [0.5, 0.6) is 0 Å². The van der Waals surface area contributed by atoms with Crippen LogP contribution in [0.1, 0.15) is 34.6 Å². The monoisotopic (exact) mass is 225 g/mol. The molecule has 0 spiro atoms. The van der Waals surface area contributed by atoms with Crippen molar-refractivity contribution in [2.45, 2.75) is 40.2 Å². The number of piperazine rings is 1. The maximum Gasteiger partial charge on any atom is 0.251 e. The van der Waals surface area contributed by atoms with Crippen LogP contribution in [0.15, 0.2) is 0 Å². The lowest BCUT2D eigenvalue weighted by molar-refractivity contribution is -0.142. The highest BCUT2D eigenvalue weighted by molar-refractivity contribution is 6.07. The minimum absolute atomic E-state index is 0.0643. The van der Waals surface area contributed by atoms with E-state index in [-0.39, 0.29) is 23.8 Å². The Morgan fingerprint density at radius 2 is 1.88 bits per heavy atom. The Morgan fingerprint density at radius 3 is 2.31 bits per heavy atom. The highest BCUT2D eigenvalue weighted by Gasteiger charge is 2.44. The average molecular weight is 225 g/mol. The zero-order valence-corrected chi connectivity index (χ0v) is 10.5. The van der Waals surface area contributed by atoms with Gasteiger partial charge in [0.05, 0.1) is 6.54 Å². The van der Waals surface area contributed by atoms with Crippen LogP contribution in [0, 0.1) is 10.8 Å². The number of hydrogen-bond donors (Lipinski definition) is 2. The Morgan fingerprint density at radius 1 is 1.38 bits per heavy atom. The fourth-order valence-electron chi connectivity index (χ4n) is 1.55. The lowest BCUT2D eigenvalue weighted by atomic mass is 9.89. The minimum atomic E-state index is -0.849. The van der Waals surface area contributed by atoms with Crippen molar-refractivity contribution < 1.29 is 9.59 Å². The van der Waals surface area contributed by atoms with Gasteiger partial charge in [0.2, 0.25) is 5.91 Å². The van der Waals surface area contributed by atoms with Crippen molar-refractivity contribution in [3.8, 4) is 0 Å². The van der Waals surface area contributed by atoms with Gasteiger partial charge in [-0.15, -0.1) is 0 Å². The van der Waals surface area contributed by atoms with E-state index in [4.69, 9.17) is 5.41 Å². The number of imide groups is 1. The lowest BCUT2D eigenvalue weighted by Gasteiger charge is -2.44. The third-order valence-electron chi connectivity index (χ3n) is 2.77. The molecule has 0 radical (unpaired) electrons. The molecule has 16 heavy (non-hydrogen) atoms. The fraction of sp³-hybridized carbons (Fsp3) is 0.727. The van der Waals surface area contributed by atoms with Crippen LogP contribution in [0.3, 0.4) is 0 Å². The van der Waals surface area contributed by atoms with E-state index in [1.807, 2.05) is 20.8 Å². The van der Waals surface area contributed by atoms with Gasteiger partial charge in [0.1, 0.15) is 11.4 Å².